The minimum atomic E-state index is -0.895. The van der Waals surface area contributed by atoms with Gasteiger partial charge in [-0.05, 0) is 34.6 Å². The Hall–Kier alpha value is -3.39. The Bertz CT molecular complexity index is 1070. The first-order valence-electron chi connectivity index (χ1n) is 11.1. The van der Waals surface area contributed by atoms with Crippen molar-refractivity contribution in [2.75, 3.05) is 33.4 Å². The fourth-order valence-electron chi connectivity index (χ4n) is 5.28. The first-order chi connectivity index (χ1) is 15.9. The number of hydrogen-bond donors (Lipinski definition) is 2. The van der Waals surface area contributed by atoms with E-state index in [0.29, 0.717) is 13.0 Å². The number of ether oxygens (including phenoxy) is 2. The monoisotopic (exact) mass is 450 g/mol. The third kappa shape index (κ3) is 3.64. The molecule has 2 N–H and O–H groups in total. The third-order valence-corrected chi connectivity index (χ3v) is 7.22. The summed E-state index contributed by atoms with van der Waals surface area (Å²) in [6, 6.07) is 16.2. The van der Waals surface area contributed by atoms with Crippen LogP contribution in [0.15, 0.2) is 48.5 Å². The standard InChI is InChI=1S/C25H26N2O6/c1-32-21(22(28)27-12-15-10-25(15,14-27)23(29)30)11-26-24(31)33-13-20-18-8-4-2-6-16(18)17-7-3-5-9-19(17)20/h2-9,15,20-21H,10-14H2,1H3,(H,26,31)(H,29,30). The molecule has 8 heteroatoms. The molecule has 3 unspecified atom stereocenters. The van der Waals surface area contributed by atoms with E-state index in [-0.39, 0.29) is 37.4 Å². The highest BCUT2D eigenvalue weighted by Crippen LogP contribution is 2.58. The predicted octanol–water partition coefficient (Wildman–Crippen LogP) is 2.47. The van der Waals surface area contributed by atoms with Crippen molar-refractivity contribution < 1.29 is 29.0 Å². The van der Waals surface area contributed by atoms with Gasteiger partial charge in [0, 0.05) is 26.1 Å². The van der Waals surface area contributed by atoms with E-state index in [1.807, 2.05) is 36.4 Å². The number of benzene rings is 2. The Morgan fingerprint density at radius 1 is 1.12 bits per heavy atom. The maximum Gasteiger partial charge on any atom is 0.407 e. The van der Waals surface area contributed by atoms with Crippen LogP contribution < -0.4 is 5.32 Å². The second-order valence-electron chi connectivity index (χ2n) is 9.01. The molecule has 5 rings (SSSR count). The van der Waals surface area contributed by atoms with Crippen LogP contribution in [0.3, 0.4) is 0 Å². The summed E-state index contributed by atoms with van der Waals surface area (Å²) in [7, 11) is 1.39. The summed E-state index contributed by atoms with van der Waals surface area (Å²) in [5, 5.41) is 12.0. The van der Waals surface area contributed by atoms with Gasteiger partial charge >= 0.3 is 12.1 Å². The normalized spacial score (nSPS) is 23.3. The van der Waals surface area contributed by atoms with E-state index in [4.69, 9.17) is 9.47 Å². The number of carbonyl (C=O) groups excluding carboxylic acids is 2. The summed E-state index contributed by atoms with van der Waals surface area (Å²) in [6.07, 6.45) is -0.909. The summed E-state index contributed by atoms with van der Waals surface area (Å²) in [5.41, 5.74) is 3.74. The van der Waals surface area contributed by atoms with Crippen LogP contribution in [0.1, 0.15) is 23.5 Å². The van der Waals surface area contributed by atoms with E-state index in [1.54, 1.807) is 0 Å². The van der Waals surface area contributed by atoms with Gasteiger partial charge in [0.05, 0.1) is 12.0 Å². The molecule has 0 bridgehead atoms. The molecule has 0 radical (unpaired) electrons. The Kier molecular flexibility index (Phi) is 5.32. The van der Waals surface area contributed by atoms with E-state index in [9.17, 15) is 19.5 Å². The Morgan fingerprint density at radius 2 is 1.76 bits per heavy atom. The van der Waals surface area contributed by atoms with Gasteiger partial charge in [-0.3, -0.25) is 9.59 Å². The highest BCUT2D eigenvalue weighted by atomic mass is 16.5. The molecule has 3 aliphatic rings. The second kappa shape index (κ2) is 8.19. The van der Waals surface area contributed by atoms with Crippen molar-refractivity contribution in [2.45, 2.75) is 18.4 Å². The number of piperidine rings is 1. The molecule has 1 heterocycles. The topological polar surface area (TPSA) is 105 Å². The highest BCUT2D eigenvalue weighted by Gasteiger charge is 2.66. The van der Waals surface area contributed by atoms with Crippen LogP contribution in [-0.2, 0) is 19.1 Å². The maximum atomic E-state index is 12.8. The lowest BCUT2D eigenvalue weighted by Gasteiger charge is -2.24. The minimum absolute atomic E-state index is 0.00606. The van der Waals surface area contributed by atoms with E-state index in [0.717, 1.165) is 22.3 Å². The molecule has 1 saturated heterocycles. The predicted molar refractivity (Wildman–Crippen MR) is 119 cm³/mol. The van der Waals surface area contributed by atoms with Crippen molar-refractivity contribution in [1.29, 1.82) is 0 Å². The summed E-state index contributed by atoms with van der Waals surface area (Å²) < 4.78 is 10.8. The van der Waals surface area contributed by atoms with E-state index < -0.39 is 23.6 Å². The molecule has 2 aromatic carbocycles. The number of hydrogen-bond acceptors (Lipinski definition) is 5. The van der Waals surface area contributed by atoms with Gasteiger partial charge < -0.3 is 24.8 Å². The summed E-state index contributed by atoms with van der Waals surface area (Å²) >= 11 is 0. The van der Waals surface area contributed by atoms with Crippen molar-refractivity contribution >= 4 is 18.0 Å². The molecule has 33 heavy (non-hydrogen) atoms. The first-order valence-corrected chi connectivity index (χ1v) is 11.1. The lowest BCUT2D eigenvalue weighted by molar-refractivity contribution is -0.145. The van der Waals surface area contributed by atoms with Gasteiger partial charge in [0.1, 0.15) is 6.61 Å². The largest absolute Gasteiger partial charge is 0.481 e. The van der Waals surface area contributed by atoms with Crippen LogP contribution in [0.2, 0.25) is 0 Å². The van der Waals surface area contributed by atoms with Gasteiger partial charge in [-0.15, -0.1) is 0 Å². The van der Waals surface area contributed by atoms with Crippen molar-refractivity contribution in [3.8, 4) is 11.1 Å². The zero-order valence-electron chi connectivity index (χ0n) is 18.3. The number of carbonyl (C=O) groups is 3. The number of nitrogens with one attached hydrogen (secondary N) is 1. The van der Waals surface area contributed by atoms with Crippen LogP contribution in [0.5, 0.6) is 0 Å². The van der Waals surface area contributed by atoms with Crippen LogP contribution in [-0.4, -0.2) is 67.4 Å². The number of nitrogens with zero attached hydrogens (tertiary/aromatic N) is 1. The summed E-state index contributed by atoms with van der Waals surface area (Å²) in [4.78, 5) is 38.2. The van der Waals surface area contributed by atoms with Crippen LogP contribution in [0, 0.1) is 11.3 Å². The average Bonchev–Trinajstić information content (AvgIpc) is 3.25. The molecule has 8 nitrogen and oxygen atoms in total. The average molecular weight is 450 g/mol. The highest BCUT2D eigenvalue weighted by molar-refractivity contribution is 5.86. The molecular formula is C25H26N2O6. The third-order valence-electron chi connectivity index (χ3n) is 7.22. The van der Waals surface area contributed by atoms with E-state index in [1.165, 1.54) is 12.0 Å². The fourth-order valence-corrected chi connectivity index (χ4v) is 5.28. The van der Waals surface area contributed by atoms with Gasteiger partial charge in [0.2, 0.25) is 0 Å². The number of likely N-dealkylation sites (tertiary alicyclic amines) is 1. The zero-order chi connectivity index (χ0) is 23.2. The van der Waals surface area contributed by atoms with Gasteiger partial charge in [0.25, 0.3) is 5.91 Å². The number of methoxy groups -OCH3 is 1. The lowest BCUT2D eigenvalue weighted by atomic mass is 9.98. The van der Waals surface area contributed by atoms with Gasteiger partial charge in [-0.2, -0.15) is 0 Å². The van der Waals surface area contributed by atoms with Crippen molar-refractivity contribution in [3.05, 3.63) is 59.7 Å². The van der Waals surface area contributed by atoms with Gasteiger partial charge in [-0.1, -0.05) is 48.5 Å². The number of fused-ring (bicyclic) bond motifs is 4. The first kappa shape index (κ1) is 21.5. The number of carboxylic acids is 1. The Labute approximate surface area is 191 Å². The summed E-state index contributed by atoms with van der Waals surface area (Å²) in [5.74, 6) is -1.21. The number of carboxylic acid groups (broad SMARTS) is 1. The smallest absolute Gasteiger partial charge is 0.407 e. The second-order valence-corrected chi connectivity index (χ2v) is 9.01. The quantitative estimate of drug-likeness (QED) is 0.672. The molecule has 172 valence electrons. The molecule has 2 amide bonds. The Balaban J connectivity index is 1.16. The molecule has 3 atom stereocenters. The van der Waals surface area contributed by atoms with Crippen LogP contribution in [0.4, 0.5) is 4.79 Å². The number of amides is 2. The fraction of sp³-hybridized carbons (Fsp3) is 0.400. The summed E-state index contributed by atoms with van der Waals surface area (Å²) in [6.45, 7) is 0.736. The zero-order valence-corrected chi connectivity index (χ0v) is 18.3. The molecule has 2 aliphatic carbocycles. The molecule has 1 saturated carbocycles. The maximum absolute atomic E-state index is 12.8. The van der Waals surface area contributed by atoms with Gasteiger partial charge in [0.15, 0.2) is 6.10 Å². The van der Waals surface area contributed by atoms with Gasteiger partial charge in [-0.25, -0.2) is 4.79 Å². The van der Waals surface area contributed by atoms with E-state index >= 15 is 0 Å². The molecule has 1 aliphatic heterocycles. The number of rotatable bonds is 7. The Morgan fingerprint density at radius 3 is 2.33 bits per heavy atom. The SMILES string of the molecule is COC(CNC(=O)OCC1c2ccccc2-c2ccccc21)C(=O)N1CC2CC2(C(=O)O)C1. The molecule has 2 aromatic rings. The molecular weight excluding hydrogens is 424 g/mol. The van der Waals surface area contributed by atoms with Crippen molar-refractivity contribution in [1.82, 2.24) is 10.2 Å². The van der Waals surface area contributed by atoms with Crippen LogP contribution >= 0.6 is 0 Å². The molecule has 0 aromatic heterocycles. The van der Waals surface area contributed by atoms with Crippen molar-refractivity contribution in [2.24, 2.45) is 11.3 Å². The lowest BCUT2D eigenvalue weighted by Crippen LogP contribution is -2.46. The van der Waals surface area contributed by atoms with Crippen molar-refractivity contribution in [3.63, 3.8) is 0 Å². The molecule has 0 spiro atoms. The number of alkyl carbamates (subject to hydrolysis) is 1. The van der Waals surface area contributed by atoms with E-state index in [2.05, 4.69) is 17.4 Å². The van der Waals surface area contributed by atoms with Crippen LogP contribution in [0.25, 0.3) is 11.1 Å². The molecule has 2 fully saturated rings. The number of aliphatic carboxylic acids is 1. The minimum Gasteiger partial charge on any atom is -0.481 e.